The lowest BCUT2D eigenvalue weighted by molar-refractivity contribution is -0.131. The van der Waals surface area contributed by atoms with Crippen LogP contribution in [0.3, 0.4) is 0 Å². The van der Waals surface area contributed by atoms with Crippen molar-refractivity contribution in [1.82, 2.24) is 0 Å². The average Bonchev–Trinajstić information content (AvgIpc) is 3.12. The van der Waals surface area contributed by atoms with Gasteiger partial charge in [0.15, 0.2) is 5.78 Å². The van der Waals surface area contributed by atoms with Crippen molar-refractivity contribution in [3.63, 3.8) is 0 Å². The summed E-state index contributed by atoms with van der Waals surface area (Å²) in [6.45, 7) is 1.36. The van der Waals surface area contributed by atoms with Crippen LogP contribution in [0.25, 0.3) is 0 Å². The maximum atomic E-state index is 12.6. The van der Waals surface area contributed by atoms with Crippen LogP contribution in [-0.2, 0) is 4.79 Å². The lowest BCUT2D eigenvalue weighted by Crippen LogP contribution is -2.10. The van der Waals surface area contributed by atoms with E-state index in [1.807, 2.05) is 6.07 Å². The summed E-state index contributed by atoms with van der Waals surface area (Å²) in [4.78, 5) is 23.7. The minimum atomic E-state index is -0.381. The monoisotopic (exact) mass is 258 g/mol. The zero-order valence-corrected chi connectivity index (χ0v) is 11.1. The van der Waals surface area contributed by atoms with Crippen molar-refractivity contribution >= 4 is 11.8 Å². The van der Waals surface area contributed by atoms with Gasteiger partial charge in [0.1, 0.15) is 5.75 Å². The van der Waals surface area contributed by atoms with Crippen LogP contribution >= 0.6 is 0 Å². The van der Waals surface area contributed by atoms with Crippen LogP contribution < -0.4 is 4.74 Å². The molecule has 19 heavy (non-hydrogen) atoms. The summed E-state index contributed by atoms with van der Waals surface area (Å²) in [6, 6.07) is 7.08. The summed E-state index contributed by atoms with van der Waals surface area (Å²) in [6.07, 6.45) is 4.85. The predicted octanol–water partition coefficient (Wildman–Crippen LogP) is 3.23. The minimum absolute atomic E-state index is 0.161. The van der Waals surface area contributed by atoms with E-state index >= 15 is 0 Å². The Morgan fingerprint density at radius 3 is 2.37 bits per heavy atom. The molecule has 0 aliphatic heterocycles. The molecule has 0 aromatic heterocycles. The number of rotatable bonds is 3. The Kier molecular flexibility index (Phi) is 3.13. The molecule has 1 aromatic rings. The topological polar surface area (TPSA) is 43.4 Å². The van der Waals surface area contributed by atoms with Crippen molar-refractivity contribution < 1.29 is 14.3 Å². The number of carbonyl (C=O) groups is 2. The Bertz CT molecular complexity index is 508. The second-order valence-electron chi connectivity index (χ2n) is 5.59. The van der Waals surface area contributed by atoms with Crippen LogP contribution in [0.5, 0.6) is 5.75 Å². The number of ketones is 1. The fourth-order valence-electron chi connectivity index (χ4n) is 3.47. The van der Waals surface area contributed by atoms with E-state index in [9.17, 15) is 9.59 Å². The molecule has 2 aliphatic rings. The van der Waals surface area contributed by atoms with Gasteiger partial charge in [-0.25, -0.2) is 0 Å². The predicted molar refractivity (Wildman–Crippen MR) is 71.0 cm³/mol. The fraction of sp³-hybridized carbons (Fsp3) is 0.500. The summed E-state index contributed by atoms with van der Waals surface area (Å²) in [5.74, 6) is 1.50. The van der Waals surface area contributed by atoms with E-state index in [1.54, 1.807) is 18.2 Å². The molecule has 0 bridgehead atoms. The van der Waals surface area contributed by atoms with Crippen molar-refractivity contribution in [2.45, 2.75) is 32.6 Å². The van der Waals surface area contributed by atoms with E-state index in [1.165, 1.54) is 32.6 Å². The number of benzene rings is 1. The van der Waals surface area contributed by atoms with E-state index in [-0.39, 0.29) is 17.7 Å². The van der Waals surface area contributed by atoms with Crippen molar-refractivity contribution in [3.05, 3.63) is 29.8 Å². The Morgan fingerprint density at radius 1 is 1.11 bits per heavy atom. The second-order valence-corrected chi connectivity index (χ2v) is 5.59. The summed E-state index contributed by atoms with van der Waals surface area (Å²) >= 11 is 0. The summed E-state index contributed by atoms with van der Waals surface area (Å²) in [7, 11) is 0. The molecular weight excluding hydrogens is 240 g/mol. The highest BCUT2D eigenvalue weighted by atomic mass is 16.5. The first-order valence-electron chi connectivity index (χ1n) is 7.00. The van der Waals surface area contributed by atoms with E-state index < -0.39 is 0 Å². The SMILES string of the molecule is CC(=O)Oc1ccccc1C(=O)C1C2CCCCC21. The first-order chi connectivity index (χ1) is 9.18. The zero-order valence-electron chi connectivity index (χ0n) is 11.1. The van der Waals surface area contributed by atoms with Crippen LogP contribution in [0.4, 0.5) is 0 Å². The maximum absolute atomic E-state index is 12.6. The third kappa shape index (κ3) is 2.29. The number of para-hydroxylation sites is 1. The first kappa shape index (κ1) is 12.4. The lowest BCUT2D eigenvalue weighted by atomic mass is 10.0. The number of ether oxygens (including phenoxy) is 1. The van der Waals surface area contributed by atoms with Gasteiger partial charge in [-0.15, -0.1) is 0 Å². The van der Waals surface area contributed by atoms with Crippen molar-refractivity contribution in [3.8, 4) is 5.75 Å². The highest BCUT2D eigenvalue weighted by Crippen LogP contribution is 2.56. The molecule has 1 aromatic carbocycles. The van der Waals surface area contributed by atoms with Gasteiger partial charge in [0.05, 0.1) is 5.56 Å². The molecule has 0 N–H and O–H groups in total. The average molecular weight is 258 g/mol. The molecule has 0 spiro atoms. The van der Waals surface area contributed by atoms with E-state index in [0.717, 1.165) is 0 Å². The van der Waals surface area contributed by atoms with Crippen LogP contribution in [0, 0.1) is 17.8 Å². The molecule has 2 atom stereocenters. The highest BCUT2D eigenvalue weighted by molar-refractivity contribution is 6.02. The van der Waals surface area contributed by atoms with Crippen LogP contribution in [0.2, 0.25) is 0 Å². The lowest BCUT2D eigenvalue weighted by Gasteiger charge is -2.07. The number of hydrogen-bond donors (Lipinski definition) is 0. The number of esters is 1. The molecule has 2 saturated carbocycles. The molecule has 0 heterocycles. The Hall–Kier alpha value is -1.64. The van der Waals surface area contributed by atoms with Crippen LogP contribution in [0.1, 0.15) is 43.0 Å². The van der Waals surface area contributed by atoms with Gasteiger partial charge in [-0.05, 0) is 36.8 Å². The van der Waals surface area contributed by atoms with Gasteiger partial charge in [0, 0.05) is 12.8 Å². The quantitative estimate of drug-likeness (QED) is 0.475. The Morgan fingerprint density at radius 2 is 1.74 bits per heavy atom. The van der Waals surface area contributed by atoms with Crippen molar-refractivity contribution in [1.29, 1.82) is 0 Å². The summed E-state index contributed by atoms with van der Waals surface area (Å²) in [5, 5.41) is 0. The van der Waals surface area contributed by atoms with Gasteiger partial charge in [0.25, 0.3) is 0 Å². The number of Topliss-reactive ketones (excluding diaryl/α,β-unsaturated/α-hetero) is 1. The third-order valence-corrected chi connectivity index (χ3v) is 4.37. The fourth-order valence-corrected chi connectivity index (χ4v) is 3.47. The second kappa shape index (κ2) is 4.80. The van der Waals surface area contributed by atoms with Crippen LogP contribution in [-0.4, -0.2) is 11.8 Å². The van der Waals surface area contributed by atoms with E-state index in [4.69, 9.17) is 4.74 Å². The van der Waals surface area contributed by atoms with Gasteiger partial charge in [0.2, 0.25) is 0 Å². The van der Waals surface area contributed by atoms with E-state index in [2.05, 4.69) is 0 Å². The maximum Gasteiger partial charge on any atom is 0.308 e. The summed E-state index contributed by atoms with van der Waals surface area (Å²) < 4.78 is 5.14. The van der Waals surface area contributed by atoms with Crippen molar-refractivity contribution in [2.24, 2.45) is 17.8 Å². The third-order valence-electron chi connectivity index (χ3n) is 4.37. The molecule has 3 rings (SSSR count). The van der Waals surface area contributed by atoms with Gasteiger partial charge < -0.3 is 4.74 Å². The van der Waals surface area contributed by atoms with Crippen LogP contribution in [0.15, 0.2) is 24.3 Å². The minimum Gasteiger partial charge on any atom is -0.426 e. The van der Waals surface area contributed by atoms with Crippen molar-refractivity contribution in [2.75, 3.05) is 0 Å². The molecule has 0 amide bonds. The molecule has 3 nitrogen and oxygen atoms in total. The zero-order chi connectivity index (χ0) is 13.4. The molecule has 100 valence electrons. The smallest absolute Gasteiger partial charge is 0.308 e. The molecule has 2 aliphatic carbocycles. The van der Waals surface area contributed by atoms with Gasteiger partial charge in [-0.3, -0.25) is 9.59 Å². The summed E-state index contributed by atoms with van der Waals surface area (Å²) in [5.41, 5.74) is 0.567. The van der Waals surface area contributed by atoms with Gasteiger partial charge in [-0.1, -0.05) is 25.0 Å². The molecule has 0 saturated heterocycles. The number of carbonyl (C=O) groups excluding carboxylic acids is 2. The highest BCUT2D eigenvalue weighted by Gasteiger charge is 2.54. The molecule has 0 radical (unpaired) electrons. The molecule has 3 heteroatoms. The normalized spacial score (nSPS) is 28.4. The standard InChI is InChI=1S/C16H18O3/c1-10(17)19-14-9-5-4-8-13(14)16(18)15-11-6-2-3-7-12(11)15/h4-5,8-9,11-12,15H,2-3,6-7H2,1H3. The largest absolute Gasteiger partial charge is 0.426 e. The molecule has 2 fully saturated rings. The van der Waals surface area contributed by atoms with E-state index in [0.29, 0.717) is 23.1 Å². The molecule has 2 unspecified atom stereocenters. The number of fused-ring (bicyclic) bond motifs is 1. The molecular formula is C16H18O3. The Labute approximate surface area is 113 Å². The van der Waals surface area contributed by atoms with Gasteiger partial charge in [-0.2, -0.15) is 0 Å². The number of hydrogen-bond acceptors (Lipinski definition) is 3. The Balaban J connectivity index is 1.82. The van der Waals surface area contributed by atoms with Gasteiger partial charge >= 0.3 is 5.97 Å². The first-order valence-corrected chi connectivity index (χ1v) is 7.00.